The van der Waals surface area contributed by atoms with Crippen molar-refractivity contribution in [1.82, 2.24) is 24.5 Å². The molecule has 1 aliphatic heterocycles. The number of hydrogen-bond donors (Lipinski definition) is 2. The van der Waals surface area contributed by atoms with E-state index in [1.165, 1.54) is 16.8 Å². The number of nitrogens with zero attached hydrogens (tertiary/aromatic N) is 3. The summed E-state index contributed by atoms with van der Waals surface area (Å²) >= 11 is 1.59. The lowest BCUT2D eigenvalue weighted by molar-refractivity contribution is 0.200. The first-order chi connectivity index (χ1) is 11.6. The number of amides is 2. The Balaban J connectivity index is 1.57. The molecule has 2 aromatic rings. The zero-order valence-corrected chi connectivity index (χ0v) is 14.6. The van der Waals surface area contributed by atoms with Gasteiger partial charge < -0.3 is 15.2 Å². The van der Waals surface area contributed by atoms with Crippen LogP contribution in [0.25, 0.3) is 0 Å². The third-order valence-corrected chi connectivity index (χ3v) is 6.53. The SMILES string of the molecule is O=C(NCc1cccs1)N1CCCN(S(=O)(=O)c2cnc[nH]2)CC1. The average Bonchev–Trinajstić information content (AvgIpc) is 3.22. The molecule has 0 radical (unpaired) electrons. The first-order valence-corrected chi connectivity index (χ1v) is 9.93. The topological polar surface area (TPSA) is 98.4 Å². The van der Waals surface area contributed by atoms with Crippen LogP contribution >= 0.6 is 11.3 Å². The molecule has 130 valence electrons. The van der Waals surface area contributed by atoms with E-state index in [1.807, 2.05) is 17.5 Å². The number of aromatic nitrogens is 2. The molecule has 24 heavy (non-hydrogen) atoms. The molecule has 2 amide bonds. The number of nitrogens with one attached hydrogen (secondary N) is 2. The number of thiophene rings is 1. The molecule has 8 nitrogen and oxygen atoms in total. The summed E-state index contributed by atoms with van der Waals surface area (Å²) in [7, 11) is -3.58. The number of rotatable bonds is 4. The van der Waals surface area contributed by atoms with E-state index in [4.69, 9.17) is 0 Å². The van der Waals surface area contributed by atoms with Crippen molar-refractivity contribution < 1.29 is 13.2 Å². The van der Waals surface area contributed by atoms with Crippen molar-refractivity contribution in [3.63, 3.8) is 0 Å². The molecule has 0 unspecified atom stereocenters. The highest BCUT2D eigenvalue weighted by atomic mass is 32.2. The second-order valence-corrected chi connectivity index (χ2v) is 8.34. The number of imidazole rings is 1. The lowest BCUT2D eigenvalue weighted by Crippen LogP contribution is -2.42. The first kappa shape index (κ1) is 16.9. The highest BCUT2D eigenvalue weighted by molar-refractivity contribution is 7.89. The summed E-state index contributed by atoms with van der Waals surface area (Å²) in [6.07, 6.45) is 3.24. The quantitative estimate of drug-likeness (QED) is 0.842. The molecule has 2 N–H and O–H groups in total. The third kappa shape index (κ3) is 3.77. The van der Waals surface area contributed by atoms with Crippen molar-refractivity contribution in [3.05, 3.63) is 34.9 Å². The fraction of sp³-hybridized carbons (Fsp3) is 0.429. The van der Waals surface area contributed by atoms with Crippen LogP contribution in [-0.4, -0.2) is 59.8 Å². The number of carbonyl (C=O) groups is 1. The molecule has 0 bridgehead atoms. The van der Waals surface area contributed by atoms with Crippen LogP contribution in [0.2, 0.25) is 0 Å². The van der Waals surface area contributed by atoms with E-state index in [0.717, 1.165) is 4.88 Å². The van der Waals surface area contributed by atoms with Gasteiger partial charge in [-0.3, -0.25) is 0 Å². The predicted octanol–water partition coefficient (Wildman–Crippen LogP) is 1.08. The van der Waals surface area contributed by atoms with Crippen molar-refractivity contribution in [1.29, 1.82) is 0 Å². The monoisotopic (exact) mass is 369 g/mol. The van der Waals surface area contributed by atoms with Gasteiger partial charge in [-0.2, -0.15) is 4.31 Å². The van der Waals surface area contributed by atoms with E-state index in [9.17, 15) is 13.2 Å². The number of H-pyrrole nitrogens is 1. The molecular formula is C14H19N5O3S2. The van der Waals surface area contributed by atoms with E-state index < -0.39 is 10.0 Å². The lowest BCUT2D eigenvalue weighted by atomic mass is 10.4. The smallest absolute Gasteiger partial charge is 0.317 e. The summed E-state index contributed by atoms with van der Waals surface area (Å²) in [6, 6.07) is 3.74. The molecule has 0 saturated carbocycles. The molecule has 0 spiro atoms. The van der Waals surface area contributed by atoms with E-state index in [1.54, 1.807) is 16.2 Å². The van der Waals surface area contributed by atoms with Gasteiger partial charge in [-0.15, -0.1) is 11.3 Å². The lowest BCUT2D eigenvalue weighted by Gasteiger charge is -2.21. The van der Waals surface area contributed by atoms with Crippen LogP contribution in [0.4, 0.5) is 4.79 Å². The van der Waals surface area contributed by atoms with Gasteiger partial charge in [-0.1, -0.05) is 6.07 Å². The summed E-state index contributed by atoms with van der Waals surface area (Å²) in [5, 5.41) is 4.92. The minimum Gasteiger partial charge on any atom is -0.335 e. The summed E-state index contributed by atoms with van der Waals surface area (Å²) < 4.78 is 26.4. The highest BCUT2D eigenvalue weighted by Gasteiger charge is 2.29. The van der Waals surface area contributed by atoms with Gasteiger partial charge in [0.2, 0.25) is 0 Å². The maximum atomic E-state index is 12.5. The maximum Gasteiger partial charge on any atom is 0.317 e. The average molecular weight is 369 g/mol. The van der Waals surface area contributed by atoms with E-state index >= 15 is 0 Å². The Morgan fingerprint density at radius 3 is 2.92 bits per heavy atom. The molecule has 1 aliphatic rings. The van der Waals surface area contributed by atoms with Crippen LogP contribution in [0.15, 0.2) is 35.1 Å². The molecule has 0 aromatic carbocycles. The molecular weight excluding hydrogens is 350 g/mol. The molecule has 0 aliphatic carbocycles. The summed E-state index contributed by atoms with van der Waals surface area (Å²) in [5.74, 6) is 0. The standard InChI is InChI=1S/C14H19N5O3S2/c20-14(16-9-12-3-1-8-23-12)18-4-2-5-19(7-6-18)24(21,22)13-10-15-11-17-13/h1,3,8,10-11H,2,4-7,9H2,(H,15,17)(H,16,20). The second-order valence-electron chi connectivity index (χ2n) is 5.40. The number of hydrogen-bond acceptors (Lipinski definition) is 5. The van der Waals surface area contributed by atoms with Gasteiger partial charge in [0.15, 0.2) is 5.03 Å². The zero-order chi connectivity index (χ0) is 17.0. The molecule has 10 heteroatoms. The highest BCUT2D eigenvalue weighted by Crippen LogP contribution is 2.15. The molecule has 0 atom stereocenters. The van der Waals surface area contributed by atoms with Crippen LogP contribution in [0.5, 0.6) is 0 Å². The number of sulfonamides is 1. The van der Waals surface area contributed by atoms with Gasteiger partial charge >= 0.3 is 6.03 Å². The Kier molecular flexibility index (Phi) is 5.17. The first-order valence-electron chi connectivity index (χ1n) is 7.61. The Morgan fingerprint density at radius 1 is 1.33 bits per heavy atom. The minimum absolute atomic E-state index is 0.0816. The molecule has 1 fully saturated rings. The Hall–Kier alpha value is -1.91. The molecule has 1 saturated heterocycles. The van der Waals surface area contributed by atoms with Crippen LogP contribution in [-0.2, 0) is 16.6 Å². The van der Waals surface area contributed by atoms with Gasteiger partial charge in [0.25, 0.3) is 10.0 Å². The van der Waals surface area contributed by atoms with E-state index in [-0.39, 0.29) is 17.6 Å². The Bertz CT molecular complexity index is 758. The van der Waals surface area contributed by atoms with Crippen molar-refractivity contribution in [2.75, 3.05) is 26.2 Å². The summed E-state index contributed by atoms with van der Waals surface area (Å²) in [4.78, 5) is 21.4. The summed E-state index contributed by atoms with van der Waals surface area (Å²) in [5.41, 5.74) is 0. The Morgan fingerprint density at radius 2 is 2.21 bits per heavy atom. The minimum atomic E-state index is -3.58. The Labute approximate surface area is 144 Å². The van der Waals surface area contributed by atoms with Gasteiger partial charge in [0.05, 0.1) is 19.1 Å². The van der Waals surface area contributed by atoms with Gasteiger partial charge in [0, 0.05) is 31.1 Å². The fourth-order valence-electron chi connectivity index (χ4n) is 2.55. The number of aromatic amines is 1. The number of carbonyl (C=O) groups excluding carboxylic acids is 1. The van der Waals surface area contributed by atoms with Crippen molar-refractivity contribution >= 4 is 27.4 Å². The van der Waals surface area contributed by atoms with Crippen molar-refractivity contribution in [3.8, 4) is 0 Å². The van der Waals surface area contributed by atoms with Gasteiger partial charge in [0.1, 0.15) is 0 Å². The number of urea groups is 1. The van der Waals surface area contributed by atoms with Crippen molar-refractivity contribution in [2.24, 2.45) is 0 Å². The van der Waals surface area contributed by atoms with E-state index in [0.29, 0.717) is 32.6 Å². The summed E-state index contributed by atoms with van der Waals surface area (Å²) in [6.45, 7) is 2.04. The molecule has 3 heterocycles. The van der Waals surface area contributed by atoms with Gasteiger partial charge in [-0.05, 0) is 17.9 Å². The van der Waals surface area contributed by atoms with Crippen LogP contribution in [0.1, 0.15) is 11.3 Å². The zero-order valence-electron chi connectivity index (χ0n) is 13.0. The fourth-order valence-corrected chi connectivity index (χ4v) is 4.56. The van der Waals surface area contributed by atoms with Crippen LogP contribution < -0.4 is 5.32 Å². The predicted molar refractivity (Wildman–Crippen MR) is 90.1 cm³/mol. The second kappa shape index (κ2) is 7.32. The van der Waals surface area contributed by atoms with Gasteiger partial charge in [-0.25, -0.2) is 18.2 Å². The third-order valence-electron chi connectivity index (χ3n) is 3.83. The molecule has 3 rings (SSSR count). The van der Waals surface area contributed by atoms with Crippen LogP contribution in [0.3, 0.4) is 0 Å². The van der Waals surface area contributed by atoms with Crippen molar-refractivity contribution in [2.45, 2.75) is 18.0 Å². The normalized spacial score (nSPS) is 16.8. The largest absolute Gasteiger partial charge is 0.335 e. The molecule has 2 aromatic heterocycles. The maximum absolute atomic E-state index is 12.5. The van der Waals surface area contributed by atoms with E-state index in [2.05, 4.69) is 15.3 Å². The van der Waals surface area contributed by atoms with Crippen LogP contribution in [0, 0.1) is 0 Å².